The summed E-state index contributed by atoms with van der Waals surface area (Å²) < 4.78 is 25.9. The number of aliphatic hydroxyl groups excluding tert-OH is 1. The summed E-state index contributed by atoms with van der Waals surface area (Å²) in [5, 5.41) is 21.1. The van der Waals surface area contributed by atoms with Crippen LogP contribution in [0.5, 0.6) is 0 Å². The molecule has 0 heterocycles. The number of hydrogen-bond acceptors (Lipinski definition) is 4. The van der Waals surface area contributed by atoms with E-state index in [1.54, 1.807) is 0 Å². The fourth-order valence-electron chi connectivity index (χ4n) is 3.54. The van der Waals surface area contributed by atoms with Crippen molar-refractivity contribution in [2.24, 2.45) is 5.92 Å². The van der Waals surface area contributed by atoms with Gasteiger partial charge in [0.25, 0.3) is 0 Å². The highest BCUT2D eigenvalue weighted by Gasteiger charge is 2.33. The third kappa shape index (κ3) is 8.26. The van der Waals surface area contributed by atoms with E-state index in [9.17, 15) is 23.4 Å². The van der Waals surface area contributed by atoms with Crippen LogP contribution in [0.15, 0.2) is 60.7 Å². The van der Waals surface area contributed by atoms with Crippen LogP contribution in [0.1, 0.15) is 31.4 Å². The molecule has 2 aromatic carbocycles. The van der Waals surface area contributed by atoms with Crippen molar-refractivity contribution in [1.29, 1.82) is 0 Å². The molecule has 0 saturated heterocycles. The molecule has 8 heteroatoms. The smallest absolute Gasteiger partial charge is 0.407 e. The van der Waals surface area contributed by atoms with E-state index >= 15 is 0 Å². The Kier molecular flexibility index (Phi) is 9.68. The van der Waals surface area contributed by atoms with Crippen molar-refractivity contribution in [3.05, 3.63) is 71.8 Å². The lowest BCUT2D eigenvalue weighted by atomic mass is 9.99. The number of amides is 1. The molecular weight excluding hydrogens is 428 g/mol. The average molecular weight is 463 g/mol. The summed E-state index contributed by atoms with van der Waals surface area (Å²) in [6.07, 6.45) is -0.331. The van der Waals surface area contributed by atoms with Crippen molar-refractivity contribution in [2.45, 2.75) is 45.4 Å². The lowest BCUT2D eigenvalue weighted by Crippen LogP contribution is -2.52. The largest absolute Gasteiger partial charge is 0.465 e. The highest BCUT2D eigenvalue weighted by Crippen LogP contribution is 2.19. The third-order valence-electron chi connectivity index (χ3n) is 5.39. The van der Waals surface area contributed by atoms with Gasteiger partial charge in [-0.3, -0.25) is 4.90 Å². The molecule has 0 saturated carbocycles. The second-order valence-electron chi connectivity index (χ2n) is 8.52. The maximum atomic E-state index is 12.3. The molecule has 0 spiro atoms. The monoisotopic (exact) mass is 462 g/mol. The van der Waals surface area contributed by atoms with Gasteiger partial charge in [-0.1, -0.05) is 74.5 Å². The number of rotatable bonds is 12. The van der Waals surface area contributed by atoms with Crippen molar-refractivity contribution in [2.75, 3.05) is 19.3 Å². The van der Waals surface area contributed by atoms with Gasteiger partial charge >= 0.3 is 6.09 Å². The number of hydrogen-bond donors (Lipinski definition) is 2. The number of nitrogens with zero attached hydrogens (tertiary/aromatic N) is 2. The molecule has 0 bridgehead atoms. The number of sulfonamides is 1. The minimum absolute atomic E-state index is 0.0929. The van der Waals surface area contributed by atoms with Crippen LogP contribution in [0.4, 0.5) is 4.79 Å². The standard InChI is InChI=1S/C24H34N2O5S/c1-19(2)14-15-25(32(3,30)31)18-23(27)22(16-20-10-6-4-7-11-20)26(24(28)29)17-21-12-8-5-9-13-21/h4-13,19,22-23,27H,14-18H2,1-3H3,(H,28,29)/t22?,23-/m1/s1. The molecule has 2 atom stereocenters. The summed E-state index contributed by atoms with van der Waals surface area (Å²) in [6, 6.07) is 17.7. The maximum Gasteiger partial charge on any atom is 0.407 e. The Balaban J connectivity index is 2.33. The van der Waals surface area contributed by atoms with E-state index in [2.05, 4.69) is 0 Å². The number of carboxylic acid groups (broad SMARTS) is 1. The van der Waals surface area contributed by atoms with Crippen LogP contribution >= 0.6 is 0 Å². The second kappa shape index (κ2) is 12.0. The van der Waals surface area contributed by atoms with E-state index in [1.165, 1.54) is 9.21 Å². The van der Waals surface area contributed by atoms with Crippen molar-refractivity contribution in [3.63, 3.8) is 0 Å². The molecule has 0 radical (unpaired) electrons. The Bertz CT molecular complexity index is 935. The van der Waals surface area contributed by atoms with E-state index in [1.807, 2.05) is 74.5 Å². The van der Waals surface area contributed by atoms with Crippen LogP contribution in [0.2, 0.25) is 0 Å². The summed E-state index contributed by atoms with van der Waals surface area (Å²) in [5.41, 5.74) is 1.66. The van der Waals surface area contributed by atoms with Gasteiger partial charge in [0.1, 0.15) is 0 Å². The maximum absolute atomic E-state index is 12.3. The molecule has 0 fully saturated rings. The summed E-state index contributed by atoms with van der Waals surface area (Å²) in [5.74, 6) is 0.296. The Hall–Kier alpha value is -2.42. The average Bonchev–Trinajstić information content (AvgIpc) is 2.73. The Labute approximate surface area is 191 Å². The lowest BCUT2D eigenvalue weighted by molar-refractivity contribution is 0.0344. The molecule has 1 unspecified atom stereocenters. The zero-order valence-electron chi connectivity index (χ0n) is 19.0. The first kappa shape index (κ1) is 25.8. The van der Waals surface area contributed by atoms with Gasteiger partial charge in [0, 0.05) is 19.6 Å². The normalized spacial score (nSPS) is 13.8. The van der Waals surface area contributed by atoms with Crippen LogP contribution in [0.25, 0.3) is 0 Å². The molecule has 0 aromatic heterocycles. The van der Waals surface area contributed by atoms with Gasteiger partial charge in [-0.25, -0.2) is 13.2 Å². The van der Waals surface area contributed by atoms with Gasteiger partial charge in [0.05, 0.1) is 18.4 Å². The predicted molar refractivity (Wildman–Crippen MR) is 126 cm³/mol. The number of aliphatic hydroxyl groups is 1. The summed E-state index contributed by atoms with van der Waals surface area (Å²) in [4.78, 5) is 13.4. The van der Waals surface area contributed by atoms with E-state index in [0.717, 1.165) is 17.4 Å². The molecule has 7 nitrogen and oxygen atoms in total. The fourth-order valence-corrected chi connectivity index (χ4v) is 4.40. The van der Waals surface area contributed by atoms with Crippen molar-refractivity contribution in [1.82, 2.24) is 9.21 Å². The van der Waals surface area contributed by atoms with Crippen LogP contribution in [0.3, 0.4) is 0 Å². The second-order valence-corrected chi connectivity index (χ2v) is 10.5. The molecule has 2 rings (SSSR count). The van der Waals surface area contributed by atoms with E-state index < -0.39 is 28.3 Å². The van der Waals surface area contributed by atoms with Crippen LogP contribution < -0.4 is 0 Å². The Morgan fingerprint density at radius 2 is 1.50 bits per heavy atom. The van der Waals surface area contributed by atoms with Gasteiger partial charge in [-0.2, -0.15) is 4.31 Å². The number of carbonyl (C=O) groups is 1. The summed E-state index contributed by atoms with van der Waals surface area (Å²) >= 11 is 0. The topological polar surface area (TPSA) is 98.2 Å². The van der Waals surface area contributed by atoms with E-state index in [-0.39, 0.29) is 26.1 Å². The number of benzene rings is 2. The van der Waals surface area contributed by atoms with Crippen molar-refractivity contribution >= 4 is 16.1 Å². The molecule has 176 valence electrons. The quantitative estimate of drug-likeness (QED) is 0.503. The van der Waals surface area contributed by atoms with Gasteiger partial charge in [0.15, 0.2) is 0 Å². The first-order valence-electron chi connectivity index (χ1n) is 10.8. The lowest BCUT2D eigenvalue weighted by Gasteiger charge is -2.35. The van der Waals surface area contributed by atoms with Crippen molar-refractivity contribution in [3.8, 4) is 0 Å². The molecule has 0 aliphatic rings. The first-order valence-corrected chi connectivity index (χ1v) is 12.6. The predicted octanol–water partition coefficient (Wildman–Crippen LogP) is 3.45. The fraction of sp³-hybridized carbons (Fsp3) is 0.458. The molecule has 0 aliphatic heterocycles. The molecule has 2 aromatic rings. The van der Waals surface area contributed by atoms with Crippen LogP contribution in [-0.2, 0) is 23.0 Å². The van der Waals surface area contributed by atoms with Gasteiger partial charge < -0.3 is 10.2 Å². The van der Waals surface area contributed by atoms with Gasteiger partial charge in [0.2, 0.25) is 10.0 Å². The summed E-state index contributed by atoms with van der Waals surface area (Å²) in [7, 11) is -3.56. The molecule has 2 N–H and O–H groups in total. The van der Waals surface area contributed by atoms with E-state index in [0.29, 0.717) is 12.3 Å². The Morgan fingerprint density at radius 1 is 0.969 bits per heavy atom. The zero-order valence-corrected chi connectivity index (χ0v) is 19.8. The van der Waals surface area contributed by atoms with Gasteiger partial charge in [-0.15, -0.1) is 0 Å². The SMILES string of the molecule is CC(C)CCN(C[C@@H](O)C(Cc1ccccc1)N(Cc1ccccc1)C(=O)O)S(C)(=O)=O. The Morgan fingerprint density at radius 3 is 1.97 bits per heavy atom. The zero-order chi connectivity index (χ0) is 23.7. The highest BCUT2D eigenvalue weighted by atomic mass is 32.2. The van der Waals surface area contributed by atoms with Crippen molar-refractivity contribution < 1.29 is 23.4 Å². The van der Waals surface area contributed by atoms with E-state index in [4.69, 9.17) is 0 Å². The minimum Gasteiger partial charge on any atom is -0.465 e. The molecule has 0 aliphatic carbocycles. The van der Waals surface area contributed by atoms with Crippen LogP contribution in [-0.4, -0.2) is 65.4 Å². The third-order valence-corrected chi connectivity index (χ3v) is 6.66. The highest BCUT2D eigenvalue weighted by molar-refractivity contribution is 7.88. The summed E-state index contributed by atoms with van der Waals surface area (Å²) in [6.45, 7) is 4.21. The molecular formula is C24H34N2O5S. The molecule has 1 amide bonds. The minimum atomic E-state index is -3.56. The van der Waals surface area contributed by atoms with Gasteiger partial charge in [-0.05, 0) is 29.9 Å². The first-order chi connectivity index (χ1) is 15.1. The van der Waals surface area contributed by atoms with Crippen LogP contribution in [0, 0.1) is 5.92 Å². The molecule has 32 heavy (non-hydrogen) atoms.